The lowest BCUT2D eigenvalue weighted by atomic mass is 10.0. The van der Waals surface area contributed by atoms with E-state index in [2.05, 4.69) is 6.58 Å². The van der Waals surface area contributed by atoms with Crippen molar-refractivity contribution in [2.45, 2.75) is 25.8 Å². The SMILES string of the molecule is C=CCN(C1(C)CCS(=O)(=O)C1)S(=O)(=O)N(C)CC. The molecule has 0 spiro atoms. The Balaban J connectivity index is 3.19. The van der Waals surface area contributed by atoms with Crippen molar-refractivity contribution in [2.24, 2.45) is 0 Å². The molecule has 19 heavy (non-hydrogen) atoms. The van der Waals surface area contributed by atoms with Crippen molar-refractivity contribution in [3.05, 3.63) is 12.7 Å². The normalized spacial score (nSPS) is 27.0. The van der Waals surface area contributed by atoms with Crippen LogP contribution in [0.1, 0.15) is 20.3 Å². The van der Waals surface area contributed by atoms with Crippen LogP contribution in [0.4, 0.5) is 0 Å². The summed E-state index contributed by atoms with van der Waals surface area (Å²) in [6, 6.07) is 0. The van der Waals surface area contributed by atoms with Crippen LogP contribution in [0.25, 0.3) is 0 Å². The van der Waals surface area contributed by atoms with Gasteiger partial charge in [0.15, 0.2) is 9.84 Å². The average Bonchev–Trinajstić information content (AvgIpc) is 2.59. The molecule has 0 amide bonds. The summed E-state index contributed by atoms with van der Waals surface area (Å²) in [6.45, 7) is 7.42. The first-order valence-electron chi connectivity index (χ1n) is 6.14. The molecule has 1 unspecified atom stereocenters. The van der Waals surface area contributed by atoms with Crippen LogP contribution in [-0.4, -0.2) is 62.6 Å². The van der Waals surface area contributed by atoms with Gasteiger partial charge in [0.1, 0.15) is 0 Å². The maximum atomic E-state index is 12.5. The highest BCUT2D eigenvalue weighted by Gasteiger charge is 2.47. The van der Waals surface area contributed by atoms with E-state index in [1.165, 1.54) is 21.7 Å². The van der Waals surface area contributed by atoms with E-state index >= 15 is 0 Å². The summed E-state index contributed by atoms with van der Waals surface area (Å²) in [5.41, 5.74) is -0.894. The van der Waals surface area contributed by atoms with Crippen molar-refractivity contribution in [3.63, 3.8) is 0 Å². The second-order valence-electron chi connectivity index (χ2n) is 5.08. The third-order valence-electron chi connectivity index (χ3n) is 3.50. The fourth-order valence-electron chi connectivity index (χ4n) is 2.23. The van der Waals surface area contributed by atoms with Crippen LogP contribution >= 0.6 is 0 Å². The predicted molar refractivity (Wildman–Crippen MR) is 75.8 cm³/mol. The van der Waals surface area contributed by atoms with E-state index in [-0.39, 0.29) is 18.1 Å². The second-order valence-corrected chi connectivity index (χ2v) is 9.22. The third-order valence-corrected chi connectivity index (χ3v) is 7.58. The molecule has 0 aliphatic carbocycles. The molecule has 0 N–H and O–H groups in total. The van der Waals surface area contributed by atoms with Crippen LogP contribution < -0.4 is 0 Å². The number of nitrogens with zero attached hydrogens (tertiary/aromatic N) is 2. The summed E-state index contributed by atoms with van der Waals surface area (Å²) >= 11 is 0. The van der Waals surface area contributed by atoms with Crippen LogP contribution in [0.3, 0.4) is 0 Å². The van der Waals surface area contributed by atoms with Gasteiger partial charge < -0.3 is 0 Å². The van der Waals surface area contributed by atoms with Crippen LogP contribution in [0, 0.1) is 0 Å². The van der Waals surface area contributed by atoms with Crippen molar-refractivity contribution < 1.29 is 16.8 Å². The van der Waals surface area contributed by atoms with E-state index < -0.39 is 25.6 Å². The molecular weight excluding hydrogens is 288 g/mol. The summed E-state index contributed by atoms with van der Waals surface area (Å²) in [5.74, 6) is -0.104. The summed E-state index contributed by atoms with van der Waals surface area (Å²) in [6.07, 6.45) is 1.80. The van der Waals surface area contributed by atoms with E-state index in [0.29, 0.717) is 13.0 Å². The predicted octanol–water partition coefficient (Wildman–Crippen LogP) is 0.248. The smallest absolute Gasteiger partial charge is 0.229 e. The lowest BCUT2D eigenvalue weighted by Gasteiger charge is -2.37. The molecule has 0 aromatic carbocycles. The zero-order chi connectivity index (χ0) is 14.9. The Morgan fingerprint density at radius 2 is 2.00 bits per heavy atom. The van der Waals surface area contributed by atoms with Crippen molar-refractivity contribution >= 4 is 20.0 Å². The van der Waals surface area contributed by atoms with Gasteiger partial charge >= 0.3 is 0 Å². The van der Waals surface area contributed by atoms with E-state index in [4.69, 9.17) is 0 Å². The first kappa shape index (κ1) is 16.6. The molecule has 1 rings (SSSR count). The van der Waals surface area contributed by atoms with Gasteiger partial charge in [-0.15, -0.1) is 6.58 Å². The highest BCUT2D eigenvalue weighted by molar-refractivity contribution is 7.91. The third kappa shape index (κ3) is 3.36. The molecule has 0 aromatic heterocycles. The molecule has 1 fully saturated rings. The van der Waals surface area contributed by atoms with Gasteiger partial charge in [0.2, 0.25) is 0 Å². The fraction of sp³-hybridized carbons (Fsp3) is 0.818. The quantitative estimate of drug-likeness (QED) is 0.659. The molecular formula is C11H22N2O4S2. The second kappa shape index (κ2) is 5.51. The molecule has 1 aliphatic heterocycles. The van der Waals surface area contributed by atoms with E-state index in [1.54, 1.807) is 13.8 Å². The van der Waals surface area contributed by atoms with Gasteiger partial charge in [0.25, 0.3) is 10.2 Å². The molecule has 112 valence electrons. The van der Waals surface area contributed by atoms with E-state index in [1.807, 2.05) is 0 Å². The Hall–Kier alpha value is -0.440. The van der Waals surface area contributed by atoms with Crippen molar-refractivity contribution in [2.75, 3.05) is 31.6 Å². The van der Waals surface area contributed by atoms with E-state index in [0.717, 1.165) is 0 Å². The zero-order valence-corrected chi connectivity index (χ0v) is 13.3. The first-order valence-corrected chi connectivity index (χ1v) is 9.36. The van der Waals surface area contributed by atoms with Gasteiger partial charge in [-0.1, -0.05) is 13.0 Å². The standard InChI is InChI=1S/C11H22N2O4S2/c1-5-8-13(19(16,17)12(4)6-2)11(3)7-9-18(14,15)10-11/h5H,1,6-10H2,2-4H3. The summed E-state index contributed by atoms with van der Waals surface area (Å²) < 4.78 is 50.7. The highest BCUT2D eigenvalue weighted by Crippen LogP contribution is 2.32. The highest BCUT2D eigenvalue weighted by atomic mass is 32.2. The summed E-state index contributed by atoms with van der Waals surface area (Å²) in [5, 5.41) is 0. The molecule has 0 bridgehead atoms. The van der Waals surface area contributed by atoms with Gasteiger partial charge in [-0.05, 0) is 13.3 Å². The molecule has 0 radical (unpaired) electrons. The molecule has 1 atom stereocenters. The molecule has 8 heteroatoms. The Kier molecular flexibility index (Phi) is 4.82. The minimum atomic E-state index is -3.67. The Morgan fingerprint density at radius 1 is 1.42 bits per heavy atom. The van der Waals surface area contributed by atoms with Gasteiger partial charge in [-0.2, -0.15) is 17.0 Å². The minimum absolute atomic E-state index is 0.0303. The average molecular weight is 310 g/mol. The van der Waals surface area contributed by atoms with Crippen molar-refractivity contribution in [1.29, 1.82) is 0 Å². The lowest BCUT2D eigenvalue weighted by molar-refractivity contribution is 0.236. The largest absolute Gasteiger partial charge is 0.282 e. The van der Waals surface area contributed by atoms with E-state index in [9.17, 15) is 16.8 Å². The first-order chi connectivity index (χ1) is 8.59. The molecule has 0 aromatic rings. The molecule has 1 heterocycles. The van der Waals surface area contributed by atoms with Crippen LogP contribution in [0.2, 0.25) is 0 Å². The number of hydrogen-bond donors (Lipinski definition) is 0. The Labute approximate surface area is 116 Å². The molecule has 1 saturated heterocycles. The molecule has 0 saturated carbocycles. The Morgan fingerprint density at radius 3 is 2.37 bits per heavy atom. The number of sulfone groups is 1. The van der Waals surface area contributed by atoms with Crippen LogP contribution in [0.15, 0.2) is 12.7 Å². The van der Waals surface area contributed by atoms with Gasteiger partial charge in [0, 0.05) is 25.7 Å². The van der Waals surface area contributed by atoms with Gasteiger partial charge in [0.05, 0.1) is 11.5 Å². The van der Waals surface area contributed by atoms with Crippen molar-refractivity contribution in [3.8, 4) is 0 Å². The van der Waals surface area contributed by atoms with Gasteiger partial charge in [-0.3, -0.25) is 0 Å². The summed E-state index contributed by atoms with van der Waals surface area (Å²) in [7, 11) is -5.36. The van der Waals surface area contributed by atoms with Gasteiger partial charge in [-0.25, -0.2) is 8.42 Å². The lowest BCUT2D eigenvalue weighted by Crippen LogP contribution is -2.54. The number of rotatable bonds is 6. The van der Waals surface area contributed by atoms with Crippen molar-refractivity contribution in [1.82, 2.24) is 8.61 Å². The Bertz CT molecular complexity index is 541. The fourth-order valence-corrected chi connectivity index (χ4v) is 6.13. The monoisotopic (exact) mass is 310 g/mol. The molecule has 1 aliphatic rings. The number of hydrogen-bond acceptors (Lipinski definition) is 4. The maximum Gasteiger partial charge on any atom is 0.282 e. The topological polar surface area (TPSA) is 74.8 Å². The minimum Gasteiger partial charge on any atom is -0.229 e. The maximum absolute atomic E-state index is 12.5. The zero-order valence-electron chi connectivity index (χ0n) is 11.7. The summed E-state index contributed by atoms with van der Waals surface area (Å²) in [4.78, 5) is 0. The van der Waals surface area contributed by atoms with Crippen LogP contribution in [-0.2, 0) is 20.0 Å². The molecule has 6 nitrogen and oxygen atoms in total. The van der Waals surface area contributed by atoms with Crippen LogP contribution in [0.5, 0.6) is 0 Å².